The molecule has 1 aliphatic rings. The molecular weight excluding hydrogens is 244 g/mol. The van der Waals surface area contributed by atoms with E-state index in [2.05, 4.69) is 0 Å². The molecule has 1 aliphatic carbocycles. The van der Waals surface area contributed by atoms with Crippen LogP contribution < -0.4 is 4.74 Å². The molecule has 1 fully saturated rings. The van der Waals surface area contributed by atoms with Crippen LogP contribution in [0.1, 0.15) is 38.2 Å². The summed E-state index contributed by atoms with van der Waals surface area (Å²) in [7, 11) is 1.57. The van der Waals surface area contributed by atoms with Crippen molar-refractivity contribution in [1.82, 2.24) is 0 Å². The number of ether oxygens (including phenoxy) is 2. The van der Waals surface area contributed by atoms with Gasteiger partial charge in [0, 0.05) is 12.0 Å². The Morgan fingerprint density at radius 2 is 2.21 bits per heavy atom. The first-order valence-corrected chi connectivity index (χ1v) is 6.67. The number of esters is 1. The van der Waals surface area contributed by atoms with E-state index < -0.39 is 11.7 Å². The SMILES string of the molecule is CCCC(=O)OC1(c2ccccc2OC)CCC1O. The van der Waals surface area contributed by atoms with Gasteiger partial charge in [-0.25, -0.2) is 0 Å². The van der Waals surface area contributed by atoms with E-state index >= 15 is 0 Å². The zero-order valence-corrected chi connectivity index (χ0v) is 11.4. The van der Waals surface area contributed by atoms with Gasteiger partial charge in [0.2, 0.25) is 0 Å². The number of carbonyl (C=O) groups excluding carboxylic acids is 1. The lowest BCUT2D eigenvalue weighted by molar-refractivity contribution is -0.202. The second-order valence-electron chi connectivity index (χ2n) is 4.87. The van der Waals surface area contributed by atoms with Crippen LogP contribution in [0.5, 0.6) is 5.75 Å². The van der Waals surface area contributed by atoms with Gasteiger partial charge in [0.1, 0.15) is 5.75 Å². The molecular formula is C15H20O4. The summed E-state index contributed by atoms with van der Waals surface area (Å²) in [6, 6.07) is 7.38. The molecule has 0 bridgehead atoms. The third-order valence-corrected chi connectivity index (χ3v) is 3.64. The third-order valence-electron chi connectivity index (χ3n) is 3.64. The van der Waals surface area contributed by atoms with Crippen molar-refractivity contribution < 1.29 is 19.4 Å². The summed E-state index contributed by atoms with van der Waals surface area (Å²) in [4.78, 5) is 11.8. The largest absolute Gasteiger partial charge is 0.496 e. The molecule has 1 aromatic carbocycles. The van der Waals surface area contributed by atoms with Gasteiger partial charge in [-0.05, 0) is 25.3 Å². The number of hydrogen-bond acceptors (Lipinski definition) is 4. The van der Waals surface area contributed by atoms with Crippen molar-refractivity contribution in [3.63, 3.8) is 0 Å². The Balaban J connectivity index is 2.32. The Kier molecular flexibility index (Phi) is 4.10. The van der Waals surface area contributed by atoms with Crippen LogP contribution >= 0.6 is 0 Å². The second-order valence-corrected chi connectivity index (χ2v) is 4.87. The number of methoxy groups -OCH3 is 1. The number of aliphatic hydroxyl groups excluding tert-OH is 1. The predicted molar refractivity (Wildman–Crippen MR) is 70.9 cm³/mol. The summed E-state index contributed by atoms with van der Waals surface area (Å²) in [5, 5.41) is 10.1. The van der Waals surface area contributed by atoms with E-state index in [-0.39, 0.29) is 5.97 Å². The first-order valence-electron chi connectivity index (χ1n) is 6.67. The van der Waals surface area contributed by atoms with Gasteiger partial charge >= 0.3 is 5.97 Å². The van der Waals surface area contributed by atoms with Crippen LogP contribution in [0, 0.1) is 0 Å². The van der Waals surface area contributed by atoms with Crippen LogP contribution in [0.4, 0.5) is 0 Å². The minimum atomic E-state index is -0.932. The average molecular weight is 264 g/mol. The van der Waals surface area contributed by atoms with Crippen LogP contribution in [0.15, 0.2) is 24.3 Å². The minimum absolute atomic E-state index is 0.271. The van der Waals surface area contributed by atoms with Crippen LogP contribution in [0.25, 0.3) is 0 Å². The molecule has 4 heteroatoms. The smallest absolute Gasteiger partial charge is 0.306 e. The molecule has 0 heterocycles. The lowest BCUT2D eigenvalue weighted by atomic mass is 9.71. The molecule has 1 aromatic rings. The Morgan fingerprint density at radius 3 is 2.74 bits per heavy atom. The molecule has 0 saturated heterocycles. The van der Waals surface area contributed by atoms with Crippen molar-refractivity contribution in [3.8, 4) is 5.75 Å². The van der Waals surface area contributed by atoms with E-state index in [1.807, 2.05) is 31.2 Å². The van der Waals surface area contributed by atoms with Crippen molar-refractivity contribution in [2.45, 2.75) is 44.3 Å². The summed E-state index contributed by atoms with van der Waals surface area (Å²) in [6.07, 6.45) is 1.70. The highest BCUT2D eigenvalue weighted by Crippen LogP contribution is 2.48. The molecule has 104 valence electrons. The number of aliphatic hydroxyl groups is 1. The molecule has 0 amide bonds. The maximum Gasteiger partial charge on any atom is 0.306 e. The zero-order chi connectivity index (χ0) is 13.9. The van der Waals surface area contributed by atoms with Gasteiger partial charge in [-0.15, -0.1) is 0 Å². The lowest BCUT2D eigenvalue weighted by Crippen LogP contribution is -2.52. The summed E-state index contributed by atoms with van der Waals surface area (Å²) in [5.41, 5.74) is -0.181. The van der Waals surface area contributed by atoms with E-state index in [9.17, 15) is 9.90 Å². The van der Waals surface area contributed by atoms with Crippen molar-refractivity contribution in [3.05, 3.63) is 29.8 Å². The first-order chi connectivity index (χ1) is 9.14. The molecule has 1 saturated carbocycles. The number of benzene rings is 1. The van der Waals surface area contributed by atoms with Crippen LogP contribution in [0.2, 0.25) is 0 Å². The molecule has 2 rings (SSSR count). The van der Waals surface area contributed by atoms with Gasteiger partial charge in [-0.1, -0.05) is 25.1 Å². The number of rotatable bonds is 5. The molecule has 0 spiro atoms. The fourth-order valence-electron chi connectivity index (χ4n) is 2.48. The van der Waals surface area contributed by atoms with Crippen LogP contribution in [0.3, 0.4) is 0 Å². The highest BCUT2D eigenvalue weighted by atomic mass is 16.6. The van der Waals surface area contributed by atoms with Gasteiger partial charge < -0.3 is 14.6 Å². The maximum atomic E-state index is 11.8. The van der Waals surface area contributed by atoms with E-state index in [1.165, 1.54) is 0 Å². The predicted octanol–water partition coefficient (Wildman–Crippen LogP) is 2.39. The number of carbonyl (C=O) groups is 1. The van der Waals surface area contributed by atoms with E-state index in [0.29, 0.717) is 25.0 Å². The monoisotopic (exact) mass is 264 g/mol. The Morgan fingerprint density at radius 1 is 1.47 bits per heavy atom. The molecule has 2 atom stereocenters. The molecule has 0 aliphatic heterocycles. The summed E-state index contributed by atoms with van der Waals surface area (Å²) >= 11 is 0. The third kappa shape index (κ3) is 2.45. The average Bonchev–Trinajstić information content (AvgIpc) is 2.43. The van der Waals surface area contributed by atoms with Gasteiger partial charge in [0.05, 0.1) is 13.2 Å². The van der Waals surface area contributed by atoms with Crippen LogP contribution in [-0.4, -0.2) is 24.3 Å². The van der Waals surface area contributed by atoms with Gasteiger partial charge in [-0.3, -0.25) is 4.79 Å². The Hall–Kier alpha value is -1.55. The summed E-state index contributed by atoms with van der Waals surface area (Å²) < 4.78 is 10.9. The topological polar surface area (TPSA) is 55.8 Å². The zero-order valence-electron chi connectivity index (χ0n) is 11.4. The number of hydrogen-bond donors (Lipinski definition) is 1. The van der Waals surface area contributed by atoms with Crippen molar-refractivity contribution in [2.75, 3.05) is 7.11 Å². The maximum absolute atomic E-state index is 11.8. The van der Waals surface area contributed by atoms with Crippen LogP contribution in [-0.2, 0) is 15.1 Å². The molecule has 0 radical (unpaired) electrons. The molecule has 4 nitrogen and oxygen atoms in total. The normalized spacial score (nSPS) is 25.5. The summed E-state index contributed by atoms with van der Waals surface area (Å²) in [6.45, 7) is 1.92. The molecule has 1 N–H and O–H groups in total. The van der Waals surface area contributed by atoms with Crippen molar-refractivity contribution in [2.24, 2.45) is 0 Å². The highest BCUT2D eigenvalue weighted by molar-refractivity contribution is 5.70. The molecule has 19 heavy (non-hydrogen) atoms. The second kappa shape index (κ2) is 5.61. The lowest BCUT2D eigenvalue weighted by Gasteiger charge is -2.46. The van der Waals surface area contributed by atoms with E-state index in [1.54, 1.807) is 7.11 Å². The molecule has 2 unspecified atom stereocenters. The quantitative estimate of drug-likeness (QED) is 0.830. The van der Waals surface area contributed by atoms with Crippen molar-refractivity contribution >= 4 is 5.97 Å². The Labute approximate surface area is 113 Å². The minimum Gasteiger partial charge on any atom is -0.496 e. The number of para-hydroxylation sites is 1. The first kappa shape index (κ1) is 13.9. The summed E-state index contributed by atoms with van der Waals surface area (Å²) in [5.74, 6) is 0.373. The fourth-order valence-corrected chi connectivity index (χ4v) is 2.48. The Bertz CT molecular complexity index is 457. The van der Waals surface area contributed by atoms with Gasteiger partial charge in [0.15, 0.2) is 5.60 Å². The fraction of sp³-hybridized carbons (Fsp3) is 0.533. The van der Waals surface area contributed by atoms with E-state index in [0.717, 1.165) is 12.0 Å². The van der Waals surface area contributed by atoms with E-state index in [4.69, 9.17) is 9.47 Å². The standard InChI is InChI=1S/C15H20O4/c1-3-6-14(17)19-15(10-9-13(15)16)11-7-4-5-8-12(11)18-2/h4-5,7-8,13,16H,3,6,9-10H2,1-2H3. The van der Waals surface area contributed by atoms with Gasteiger partial charge in [0.25, 0.3) is 0 Å². The van der Waals surface area contributed by atoms with Crippen molar-refractivity contribution in [1.29, 1.82) is 0 Å². The van der Waals surface area contributed by atoms with Gasteiger partial charge in [-0.2, -0.15) is 0 Å². The molecule has 0 aromatic heterocycles. The highest BCUT2D eigenvalue weighted by Gasteiger charge is 2.52.